The lowest BCUT2D eigenvalue weighted by molar-refractivity contribution is 0.101. The fraction of sp³-hybridized carbons (Fsp3) is 0.200. The maximum atomic E-state index is 11.1. The molecule has 0 fully saturated rings. The number of nitrogens with zero attached hydrogens (tertiary/aromatic N) is 3. The van der Waals surface area contributed by atoms with Crippen molar-refractivity contribution in [3.63, 3.8) is 0 Å². The molecule has 0 atom stereocenters. The number of aromatic hydroxyl groups is 1. The minimum absolute atomic E-state index is 0.162. The SMILES string of the molecule is CC(=O)c1cn(Cc2cc(=O)c(O)co2)nn1. The van der Waals surface area contributed by atoms with Crippen molar-refractivity contribution in [1.29, 1.82) is 0 Å². The minimum Gasteiger partial charge on any atom is -0.502 e. The first-order valence-electron chi connectivity index (χ1n) is 4.78. The van der Waals surface area contributed by atoms with Crippen LogP contribution in [0.2, 0.25) is 0 Å². The van der Waals surface area contributed by atoms with Gasteiger partial charge in [-0.3, -0.25) is 9.59 Å². The maximum Gasteiger partial charge on any atom is 0.226 e. The lowest BCUT2D eigenvalue weighted by Crippen LogP contribution is -2.05. The van der Waals surface area contributed by atoms with Crippen molar-refractivity contribution in [2.75, 3.05) is 0 Å². The standard InChI is InChI=1S/C10H9N3O4/c1-6(14)8-4-13(12-11-8)3-7-2-9(15)10(16)5-17-7/h2,4-5,16H,3H2,1H3. The quantitative estimate of drug-likeness (QED) is 0.762. The van der Waals surface area contributed by atoms with E-state index in [9.17, 15) is 9.59 Å². The number of hydrogen-bond donors (Lipinski definition) is 1. The van der Waals surface area contributed by atoms with E-state index in [2.05, 4.69) is 10.3 Å². The Labute approximate surface area is 95.3 Å². The van der Waals surface area contributed by atoms with Crippen LogP contribution in [0.15, 0.2) is 27.7 Å². The zero-order chi connectivity index (χ0) is 12.4. The van der Waals surface area contributed by atoms with Gasteiger partial charge in [-0.15, -0.1) is 5.10 Å². The molecule has 2 heterocycles. The van der Waals surface area contributed by atoms with Crippen LogP contribution < -0.4 is 5.43 Å². The Bertz CT molecular complexity index is 614. The number of carbonyl (C=O) groups is 1. The topological polar surface area (TPSA) is 98.2 Å². The van der Waals surface area contributed by atoms with Crippen LogP contribution in [0.1, 0.15) is 23.2 Å². The van der Waals surface area contributed by atoms with E-state index in [-0.39, 0.29) is 18.0 Å². The van der Waals surface area contributed by atoms with Crippen molar-refractivity contribution in [2.24, 2.45) is 0 Å². The average molecular weight is 235 g/mol. The molecular weight excluding hydrogens is 226 g/mol. The van der Waals surface area contributed by atoms with Crippen molar-refractivity contribution in [1.82, 2.24) is 15.0 Å². The molecule has 0 aliphatic heterocycles. The lowest BCUT2D eigenvalue weighted by atomic mass is 10.3. The first-order chi connectivity index (χ1) is 8.06. The van der Waals surface area contributed by atoms with Crippen LogP contribution in [-0.2, 0) is 6.54 Å². The normalized spacial score (nSPS) is 10.4. The third-order valence-corrected chi connectivity index (χ3v) is 2.08. The van der Waals surface area contributed by atoms with E-state index in [1.54, 1.807) is 0 Å². The molecule has 0 aromatic carbocycles. The van der Waals surface area contributed by atoms with E-state index < -0.39 is 11.2 Å². The lowest BCUT2D eigenvalue weighted by Gasteiger charge is -1.99. The second-order valence-electron chi connectivity index (χ2n) is 3.45. The summed E-state index contributed by atoms with van der Waals surface area (Å²) in [4.78, 5) is 22.1. The third kappa shape index (κ3) is 2.39. The van der Waals surface area contributed by atoms with Crippen molar-refractivity contribution in [3.8, 4) is 5.75 Å². The van der Waals surface area contributed by atoms with E-state index in [0.717, 1.165) is 12.3 Å². The van der Waals surface area contributed by atoms with Gasteiger partial charge in [0.05, 0.1) is 6.20 Å². The molecule has 17 heavy (non-hydrogen) atoms. The predicted molar refractivity (Wildman–Crippen MR) is 55.8 cm³/mol. The van der Waals surface area contributed by atoms with E-state index in [4.69, 9.17) is 9.52 Å². The highest BCUT2D eigenvalue weighted by molar-refractivity contribution is 5.91. The van der Waals surface area contributed by atoms with Gasteiger partial charge in [-0.25, -0.2) is 4.68 Å². The van der Waals surface area contributed by atoms with E-state index >= 15 is 0 Å². The predicted octanol–water partition coefficient (Wildman–Crippen LogP) is 0.188. The summed E-state index contributed by atoms with van der Waals surface area (Å²) >= 11 is 0. The van der Waals surface area contributed by atoms with Gasteiger partial charge in [-0.1, -0.05) is 5.21 Å². The number of ketones is 1. The van der Waals surface area contributed by atoms with Gasteiger partial charge in [-0.2, -0.15) is 0 Å². The maximum absolute atomic E-state index is 11.1. The van der Waals surface area contributed by atoms with Crippen LogP contribution in [-0.4, -0.2) is 25.9 Å². The van der Waals surface area contributed by atoms with Gasteiger partial charge in [0, 0.05) is 13.0 Å². The summed E-state index contributed by atoms with van der Waals surface area (Å²) in [6.07, 6.45) is 2.41. The average Bonchev–Trinajstić information content (AvgIpc) is 2.72. The fourth-order valence-corrected chi connectivity index (χ4v) is 1.22. The molecule has 0 bridgehead atoms. The highest BCUT2D eigenvalue weighted by atomic mass is 16.4. The molecule has 0 saturated carbocycles. The van der Waals surface area contributed by atoms with Crippen molar-refractivity contribution in [2.45, 2.75) is 13.5 Å². The molecule has 2 rings (SSSR count). The fourth-order valence-electron chi connectivity index (χ4n) is 1.22. The molecule has 1 N–H and O–H groups in total. The summed E-state index contributed by atoms with van der Waals surface area (Å²) in [5.74, 6) is -0.326. The Morgan fingerprint density at radius 2 is 2.35 bits per heavy atom. The van der Waals surface area contributed by atoms with Gasteiger partial charge in [0.2, 0.25) is 5.43 Å². The summed E-state index contributed by atoms with van der Waals surface area (Å²) in [7, 11) is 0. The second-order valence-corrected chi connectivity index (χ2v) is 3.45. The number of hydrogen-bond acceptors (Lipinski definition) is 6. The molecule has 0 aliphatic carbocycles. The summed E-state index contributed by atoms with van der Waals surface area (Å²) in [5.41, 5.74) is -0.288. The first-order valence-corrected chi connectivity index (χ1v) is 4.78. The number of carbonyl (C=O) groups excluding carboxylic acids is 1. The molecule has 2 aromatic rings. The van der Waals surface area contributed by atoms with Crippen LogP contribution in [0.5, 0.6) is 5.75 Å². The van der Waals surface area contributed by atoms with Crippen LogP contribution in [0.25, 0.3) is 0 Å². The molecule has 0 unspecified atom stereocenters. The number of rotatable bonds is 3. The monoisotopic (exact) mass is 235 g/mol. The first kappa shape index (κ1) is 11.1. The molecule has 2 aromatic heterocycles. The van der Waals surface area contributed by atoms with Crippen LogP contribution in [0.3, 0.4) is 0 Å². The largest absolute Gasteiger partial charge is 0.502 e. The number of Topliss-reactive ketones (excluding diaryl/α,β-unsaturated/α-hetero) is 1. The van der Waals surface area contributed by atoms with Crippen molar-refractivity contribution < 1.29 is 14.3 Å². The van der Waals surface area contributed by atoms with Gasteiger partial charge in [0.25, 0.3) is 0 Å². The summed E-state index contributed by atoms with van der Waals surface area (Å²) in [6.45, 7) is 1.55. The molecule has 88 valence electrons. The van der Waals surface area contributed by atoms with Crippen molar-refractivity contribution >= 4 is 5.78 Å². The molecule has 0 saturated heterocycles. The summed E-state index contributed by atoms with van der Waals surface area (Å²) in [6, 6.07) is 1.16. The molecular formula is C10H9N3O4. The van der Waals surface area contributed by atoms with Crippen molar-refractivity contribution in [3.05, 3.63) is 40.2 Å². The van der Waals surface area contributed by atoms with E-state index in [0.29, 0.717) is 5.76 Å². The molecule has 0 radical (unpaired) electrons. The third-order valence-electron chi connectivity index (χ3n) is 2.08. The number of aromatic nitrogens is 3. The summed E-state index contributed by atoms with van der Waals surface area (Å²) < 4.78 is 6.36. The Morgan fingerprint density at radius 3 is 2.94 bits per heavy atom. The zero-order valence-electron chi connectivity index (χ0n) is 8.95. The molecule has 7 heteroatoms. The van der Waals surface area contributed by atoms with Crippen LogP contribution in [0.4, 0.5) is 0 Å². The van der Waals surface area contributed by atoms with Crippen LogP contribution in [0, 0.1) is 0 Å². The highest BCUT2D eigenvalue weighted by Gasteiger charge is 2.07. The van der Waals surface area contributed by atoms with Gasteiger partial charge in [0.1, 0.15) is 24.3 Å². The Hall–Kier alpha value is -2.44. The molecule has 7 nitrogen and oxygen atoms in total. The zero-order valence-corrected chi connectivity index (χ0v) is 8.95. The van der Waals surface area contributed by atoms with Gasteiger partial charge in [-0.05, 0) is 0 Å². The van der Waals surface area contributed by atoms with Gasteiger partial charge < -0.3 is 9.52 Å². The summed E-state index contributed by atoms with van der Waals surface area (Å²) in [5, 5.41) is 16.4. The molecule has 0 amide bonds. The molecule has 0 aliphatic rings. The minimum atomic E-state index is -0.529. The Balaban J connectivity index is 2.22. The highest BCUT2D eigenvalue weighted by Crippen LogP contribution is 2.05. The van der Waals surface area contributed by atoms with Gasteiger partial charge in [0.15, 0.2) is 11.5 Å². The van der Waals surface area contributed by atoms with Crippen LogP contribution >= 0.6 is 0 Å². The smallest absolute Gasteiger partial charge is 0.226 e. The Morgan fingerprint density at radius 1 is 1.59 bits per heavy atom. The van der Waals surface area contributed by atoms with E-state index in [1.165, 1.54) is 17.8 Å². The second kappa shape index (κ2) is 4.20. The molecule has 0 spiro atoms. The van der Waals surface area contributed by atoms with E-state index in [1.807, 2.05) is 0 Å². The van der Waals surface area contributed by atoms with Gasteiger partial charge >= 0.3 is 0 Å². The Kier molecular flexibility index (Phi) is 2.73.